The number of ether oxygens (including phenoxy) is 1. The van der Waals surface area contributed by atoms with Crippen molar-refractivity contribution in [1.29, 1.82) is 0 Å². The van der Waals surface area contributed by atoms with Crippen molar-refractivity contribution < 1.29 is 9.53 Å². The highest BCUT2D eigenvalue weighted by Crippen LogP contribution is 2.34. The van der Waals surface area contributed by atoms with Crippen LogP contribution < -0.4 is 15.0 Å². The van der Waals surface area contributed by atoms with E-state index in [2.05, 4.69) is 63.7 Å². The van der Waals surface area contributed by atoms with Crippen LogP contribution in [0.2, 0.25) is 0 Å². The third-order valence-corrected chi connectivity index (χ3v) is 7.34. The van der Waals surface area contributed by atoms with Crippen LogP contribution in [-0.2, 0) is 19.5 Å². The van der Waals surface area contributed by atoms with Gasteiger partial charge in [0.05, 0.1) is 23.8 Å². The number of hydrogen-bond acceptors (Lipinski definition) is 5. The minimum Gasteiger partial charge on any atom is -0.473 e. The van der Waals surface area contributed by atoms with Crippen LogP contribution in [0.5, 0.6) is 5.75 Å². The summed E-state index contributed by atoms with van der Waals surface area (Å²) in [6, 6.07) is 30.5. The van der Waals surface area contributed by atoms with E-state index < -0.39 is 0 Å². The quantitative estimate of drug-likeness (QED) is 0.308. The molecule has 0 fully saturated rings. The Bertz CT molecular complexity index is 1510. The molecule has 5 aromatic rings. The lowest BCUT2D eigenvalue weighted by Crippen LogP contribution is -2.32. The number of thiazole rings is 1. The Labute approximate surface area is 214 Å². The molecule has 0 unspecified atom stereocenters. The van der Waals surface area contributed by atoms with Crippen LogP contribution in [-0.4, -0.2) is 17.6 Å². The summed E-state index contributed by atoms with van der Waals surface area (Å²) in [5.74, 6) is 0.834. The summed E-state index contributed by atoms with van der Waals surface area (Å²) in [5.41, 5.74) is 4.96. The van der Waals surface area contributed by atoms with Crippen LogP contribution in [0.25, 0.3) is 10.8 Å². The molecule has 1 N–H and O–H groups in total. The van der Waals surface area contributed by atoms with Crippen molar-refractivity contribution in [2.24, 2.45) is 0 Å². The van der Waals surface area contributed by atoms with E-state index in [0.29, 0.717) is 18.8 Å². The highest BCUT2D eigenvalue weighted by Gasteiger charge is 2.20. The van der Waals surface area contributed by atoms with Crippen molar-refractivity contribution in [2.75, 3.05) is 11.6 Å². The van der Waals surface area contributed by atoms with Gasteiger partial charge in [-0.15, -0.1) is 11.3 Å². The van der Waals surface area contributed by atoms with E-state index in [1.54, 1.807) is 11.3 Å². The maximum Gasteiger partial charge on any atom is 0.251 e. The van der Waals surface area contributed by atoms with Gasteiger partial charge < -0.3 is 15.0 Å². The molecule has 1 aliphatic heterocycles. The van der Waals surface area contributed by atoms with Gasteiger partial charge in [0.25, 0.3) is 5.91 Å². The van der Waals surface area contributed by atoms with Gasteiger partial charge in [0.1, 0.15) is 5.75 Å². The molecule has 6 heteroatoms. The summed E-state index contributed by atoms with van der Waals surface area (Å²) in [7, 11) is 0. The Morgan fingerprint density at radius 1 is 0.944 bits per heavy atom. The monoisotopic (exact) mass is 491 g/mol. The highest BCUT2D eigenvalue weighted by atomic mass is 32.1. The van der Waals surface area contributed by atoms with Gasteiger partial charge in [0.15, 0.2) is 6.73 Å². The van der Waals surface area contributed by atoms with Crippen molar-refractivity contribution in [3.63, 3.8) is 0 Å². The molecule has 0 radical (unpaired) electrons. The third kappa shape index (κ3) is 4.68. The smallest absolute Gasteiger partial charge is 0.251 e. The molecule has 0 saturated heterocycles. The van der Waals surface area contributed by atoms with E-state index in [4.69, 9.17) is 4.74 Å². The fourth-order valence-corrected chi connectivity index (χ4v) is 5.37. The predicted octanol–water partition coefficient (Wildman–Crippen LogP) is 6.17. The van der Waals surface area contributed by atoms with Gasteiger partial charge in [-0.25, -0.2) is 4.98 Å². The normalized spacial score (nSPS) is 12.7. The number of fused-ring (bicyclic) bond motifs is 3. The second-order valence-electron chi connectivity index (χ2n) is 8.86. The second-order valence-corrected chi connectivity index (χ2v) is 9.80. The first-order valence-corrected chi connectivity index (χ1v) is 12.8. The summed E-state index contributed by atoms with van der Waals surface area (Å²) >= 11 is 1.63. The number of nitrogens with zero attached hydrogens (tertiary/aromatic N) is 2. The van der Waals surface area contributed by atoms with Gasteiger partial charge in [0.2, 0.25) is 0 Å². The van der Waals surface area contributed by atoms with Crippen LogP contribution in [0.15, 0.2) is 96.4 Å². The molecule has 178 valence electrons. The Balaban J connectivity index is 1.08. The van der Waals surface area contributed by atoms with Crippen LogP contribution in [0.3, 0.4) is 0 Å². The zero-order valence-corrected chi connectivity index (χ0v) is 20.5. The first kappa shape index (κ1) is 22.3. The van der Waals surface area contributed by atoms with Crippen molar-refractivity contribution in [3.05, 3.63) is 124 Å². The zero-order chi connectivity index (χ0) is 24.3. The Hall–Kier alpha value is -4.16. The summed E-state index contributed by atoms with van der Waals surface area (Å²) in [5, 5.41) is 8.48. The first-order valence-electron chi connectivity index (χ1n) is 12.0. The van der Waals surface area contributed by atoms with Crippen LogP contribution in [0.4, 0.5) is 5.69 Å². The average molecular weight is 492 g/mol. The highest BCUT2D eigenvalue weighted by molar-refractivity contribution is 7.09. The average Bonchev–Trinajstić information content (AvgIpc) is 3.39. The van der Waals surface area contributed by atoms with E-state index in [1.807, 2.05) is 47.8 Å². The number of carbonyl (C=O) groups is 1. The number of benzene rings is 4. The Kier molecular flexibility index (Phi) is 6.10. The molecule has 1 amide bonds. The number of amides is 1. The molecule has 1 aliphatic rings. The molecular weight excluding hydrogens is 466 g/mol. The predicted molar refractivity (Wildman–Crippen MR) is 145 cm³/mol. The standard InChI is InChI=1S/C30H25N3O2S/c34-30(31-17-24-19-36-29(32-24)16-21-6-2-1-3-7-21)23-10-13-25(14-11-23)33-18-27-26-9-5-4-8-22(26)12-15-28(27)35-20-33/h1-15,19H,16-18,20H2,(H,31,34). The molecule has 36 heavy (non-hydrogen) atoms. The van der Waals surface area contributed by atoms with E-state index in [9.17, 15) is 4.79 Å². The minimum absolute atomic E-state index is 0.106. The lowest BCUT2D eigenvalue weighted by molar-refractivity contribution is 0.0950. The van der Waals surface area contributed by atoms with Gasteiger partial charge in [-0.2, -0.15) is 0 Å². The topological polar surface area (TPSA) is 54.5 Å². The largest absolute Gasteiger partial charge is 0.473 e. The summed E-state index contributed by atoms with van der Waals surface area (Å²) in [6.45, 7) is 1.65. The Morgan fingerprint density at radius 3 is 2.61 bits per heavy atom. The lowest BCUT2D eigenvalue weighted by atomic mass is 10.0. The first-order chi connectivity index (χ1) is 17.7. The van der Waals surface area contributed by atoms with Crippen molar-refractivity contribution in [1.82, 2.24) is 10.3 Å². The molecular formula is C30H25N3O2S. The summed E-state index contributed by atoms with van der Waals surface area (Å²) in [6.07, 6.45) is 0.807. The second kappa shape index (κ2) is 9.84. The number of nitrogens with one attached hydrogen (secondary N) is 1. The van der Waals surface area contributed by atoms with Gasteiger partial charge in [0, 0.05) is 28.6 Å². The molecule has 0 saturated carbocycles. The van der Waals surface area contributed by atoms with Crippen molar-refractivity contribution >= 4 is 33.7 Å². The van der Waals surface area contributed by atoms with Crippen molar-refractivity contribution in [3.8, 4) is 5.75 Å². The molecule has 4 aromatic carbocycles. The van der Waals surface area contributed by atoms with Crippen LogP contribution >= 0.6 is 11.3 Å². The summed E-state index contributed by atoms with van der Waals surface area (Å²) in [4.78, 5) is 19.6. The molecule has 5 nitrogen and oxygen atoms in total. The van der Waals surface area contributed by atoms with Crippen LogP contribution in [0, 0.1) is 0 Å². The molecule has 0 spiro atoms. The SMILES string of the molecule is O=C(NCc1csc(Cc2ccccc2)n1)c1ccc(N2COc3ccc4ccccc4c3C2)cc1. The van der Waals surface area contributed by atoms with Crippen molar-refractivity contribution in [2.45, 2.75) is 19.5 Å². The maximum absolute atomic E-state index is 12.7. The van der Waals surface area contributed by atoms with Gasteiger partial charge in [-0.1, -0.05) is 60.7 Å². The third-order valence-electron chi connectivity index (χ3n) is 6.44. The fourth-order valence-electron chi connectivity index (χ4n) is 4.54. The van der Waals surface area contributed by atoms with E-state index >= 15 is 0 Å². The molecule has 0 bridgehead atoms. The molecule has 6 rings (SSSR count). The van der Waals surface area contributed by atoms with Gasteiger partial charge in [-0.05, 0) is 46.7 Å². The van der Waals surface area contributed by atoms with E-state index in [0.717, 1.165) is 35.1 Å². The lowest BCUT2D eigenvalue weighted by Gasteiger charge is -2.31. The fraction of sp³-hybridized carbons (Fsp3) is 0.133. The van der Waals surface area contributed by atoms with Crippen LogP contribution in [0.1, 0.15) is 32.2 Å². The maximum atomic E-state index is 12.7. The number of hydrogen-bond donors (Lipinski definition) is 1. The Morgan fingerprint density at radius 2 is 1.75 bits per heavy atom. The minimum atomic E-state index is -0.106. The molecule has 1 aromatic heterocycles. The number of aromatic nitrogens is 1. The summed E-state index contributed by atoms with van der Waals surface area (Å²) < 4.78 is 6.04. The van der Waals surface area contributed by atoms with E-state index in [-0.39, 0.29) is 5.91 Å². The van der Waals surface area contributed by atoms with E-state index in [1.165, 1.54) is 21.9 Å². The molecule has 0 aliphatic carbocycles. The zero-order valence-electron chi connectivity index (χ0n) is 19.7. The number of rotatable bonds is 6. The van der Waals surface area contributed by atoms with Gasteiger partial charge >= 0.3 is 0 Å². The molecule has 0 atom stereocenters. The number of carbonyl (C=O) groups excluding carboxylic acids is 1. The number of anilines is 1. The molecule has 2 heterocycles. The van der Waals surface area contributed by atoms with Gasteiger partial charge in [-0.3, -0.25) is 4.79 Å².